The third-order valence-electron chi connectivity index (χ3n) is 4.38. The fourth-order valence-corrected chi connectivity index (χ4v) is 2.81. The van der Waals surface area contributed by atoms with E-state index in [1.165, 1.54) is 0 Å². The van der Waals surface area contributed by atoms with Crippen LogP contribution in [0, 0.1) is 0 Å². The van der Waals surface area contributed by atoms with Crippen molar-refractivity contribution >= 4 is 23.6 Å². The van der Waals surface area contributed by atoms with Gasteiger partial charge in [-0.1, -0.05) is 31.2 Å². The first-order valence-corrected chi connectivity index (χ1v) is 8.64. The molecule has 2 aromatic rings. The van der Waals surface area contributed by atoms with Gasteiger partial charge in [0.15, 0.2) is 0 Å². The molecule has 0 aromatic heterocycles. The predicted molar refractivity (Wildman–Crippen MR) is 97.9 cm³/mol. The number of nitrogens with one attached hydrogen (secondary N) is 2. The van der Waals surface area contributed by atoms with Crippen LogP contribution in [0.25, 0.3) is 0 Å². The first-order chi connectivity index (χ1) is 13.0. The molecule has 2 N–H and O–H groups in total. The van der Waals surface area contributed by atoms with Crippen LogP contribution >= 0.6 is 0 Å². The summed E-state index contributed by atoms with van der Waals surface area (Å²) in [6.45, 7) is 1.96. The number of carbonyl (C=O) groups excluding carboxylic acids is 4. The molecule has 7 heteroatoms. The molecule has 27 heavy (non-hydrogen) atoms. The summed E-state index contributed by atoms with van der Waals surface area (Å²) in [5, 5.41) is 0. The van der Waals surface area contributed by atoms with Gasteiger partial charge >= 0.3 is 0 Å². The maximum atomic E-state index is 12.2. The molecule has 0 saturated heterocycles. The Morgan fingerprint density at radius 1 is 0.889 bits per heavy atom. The third kappa shape index (κ3) is 3.87. The normalized spacial score (nSPS) is 12.7. The Morgan fingerprint density at radius 3 is 2.04 bits per heavy atom. The van der Waals surface area contributed by atoms with E-state index in [0.717, 1.165) is 16.9 Å². The van der Waals surface area contributed by atoms with E-state index in [-0.39, 0.29) is 13.0 Å². The van der Waals surface area contributed by atoms with Crippen LogP contribution in [0.15, 0.2) is 48.5 Å². The van der Waals surface area contributed by atoms with Gasteiger partial charge in [-0.25, -0.2) is 0 Å². The minimum atomic E-state index is -0.495. The van der Waals surface area contributed by atoms with Crippen molar-refractivity contribution in [3.8, 4) is 0 Å². The Labute approximate surface area is 156 Å². The van der Waals surface area contributed by atoms with Gasteiger partial charge in [-0.3, -0.25) is 34.9 Å². The van der Waals surface area contributed by atoms with E-state index < -0.39 is 23.6 Å². The number of aryl methyl sites for hydroxylation is 1. The lowest BCUT2D eigenvalue weighted by molar-refractivity contribution is -0.121. The monoisotopic (exact) mass is 365 g/mol. The van der Waals surface area contributed by atoms with E-state index in [0.29, 0.717) is 16.7 Å². The maximum absolute atomic E-state index is 12.2. The Balaban J connectivity index is 1.49. The molecule has 1 heterocycles. The molecule has 1 aliphatic heterocycles. The van der Waals surface area contributed by atoms with Crippen LogP contribution in [0.2, 0.25) is 0 Å². The van der Waals surface area contributed by atoms with Crippen molar-refractivity contribution in [3.63, 3.8) is 0 Å². The van der Waals surface area contributed by atoms with E-state index >= 15 is 0 Å². The van der Waals surface area contributed by atoms with Gasteiger partial charge in [0.25, 0.3) is 17.7 Å². The number of benzene rings is 2. The first kappa shape index (κ1) is 18.3. The lowest BCUT2D eigenvalue weighted by atomic mass is 10.1. The average Bonchev–Trinajstić information content (AvgIpc) is 2.95. The molecule has 0 bridgehead atoms. The van der Waals surface area contributed by atoms with Crippen LogP contribution in [0.3, 0.4) is 0 Å². The number of carbonyl (C=O) groups is 4. The zero-order valence-electron chi connectivity index (χ0n) is 14.8. The first-order valence-electron chi connectivity index (χ1n) is 8.64. The van der Waals surface area contributed by atoms with Crippen LogP contribution in [0.4, 0.5) is 0 Å². The molecule has 0 radical (unpaired) electrons. The van der Waals surface area contributed by atoms with Crippen LogP contribution < -0.4 is 10.9 Å². The number of imide groups is 1. The summed E-state index contributed by atoms with van der Waals surface area (Å²) < 4.78 is 0. The van der Waals surface area contributed by atoms with Crippen molar-refractivity contribution < 1.29 is 19.2 Å². The lowest BCUT2D eigenvalue weighted by Gasteiger charge is -2.13. The van der Waals surface area contributed by atoms with Crippen molar-refractivity contribution in [2.24, 2.45) is 0 Å². The van der Waals surface area contributed by atoms with E-state index in [2.05, 4.69) is 10.9 Å². The molecule has 3 rings (SSSR count). The van der Waals surface area contributed by atoms with E-state index in [1.807, 2.05) is 19.1 Å². The maximum Gasteiger partial charge on any atom is 0.269 e. The molecule has 0 saturated carbocycles. The predicted octanol–water partition coefficient (Wildman–Crippen LogP) is 1.70. The van der Waals surface area contributed by atoms with Gasteiger partial charge in [0.05, 0.1) is 11.1 Å². The molecule has 0 fully saturated rings. The zero-order valence-corrected chi connectivity index (χ0v) is 14.8. The van der Waals surface area contributed by atoms with Crippen molar-refractivity contribution in [1.82, 2.24) is 15.8 Å². The highest BCUT2D eigenvalue weighted by molar-refractivity contribution is 6.21. The molecular formula is C20H19N3O4. The number of nitrogens with zero attached hydrogens (tertiary/aromatic N) is 1. The molecule has 0 atom stereocenters. The molecule has 0 spiro atoms. The summed E-state index contributed by atoms with van der Waals surface area (Å²) in [5.74, 6) is -1.76. The van der Waals surface area contributed by atoms with Crippen molar-refractivity contribution in [2.45, 2.75) is 19.8 Å². The molecular weight excluding hydrogens is 346 g/mol. The van der Waals surface area contributed by atoms with Crippen molar-refractivity contribution in [1.29, 1.82) is 0 Å². The molecule has 4 amide bonds. The van der Waals surface area contributed by atoms with Gasteiger partial charge in [-0.15, -0.1) is 0 Å². The van der Waals surface area contributed by atoms with Crippen LogP contribution in [-0.2, 0) is 11.2 Å². The quantitative estimate of drug-likeness (QED) is 0.623. The summed E-state index contributed by atoms with van der Waals surface area (Å²) in [4.78, 5) is 49.5. The molecule has 0 unspecified atom stereocenters. The van der Waals surface area contributed by atoms with E-state index in [9.17, 15) is 19.2 Å². The topological polar surface area (TPSA) is 95.6 Å². The third-order valence-corrected chi connectivity index (χ3v) is 4.38. The van der Waals surface area contributed by atoms with Gasteiger partial charge in [0, 0.05) is 18.5 Å². The second kappa shape index (κ2) is 7.82. The Hall–Kier alpha value is -3.48. The minimum Gasteiger partial charge on any atom is -0.274 e. The minimum absolute atomic E-state index is 0.0563. The van der Waals surface area contributed by atoms with E-state index in [1.54, 1.807) is 36.4 Å². The summed E-state index contributed by atoms with van der Waals surface area (Å²) in [6, 6.07) is 13.6. The van der Waals surface area contributed by atoms with Gasteiger partial charge < -0.3 is 0 Å². The second-order valence-electron chi connectivity index (χ2n) is 6.11. The largest absolute Gasteiger partial charge is 0.274 e. The van der Waals surface area contributed by atoms with E-state index in [4.69, 9.17) is 0 Å². The summed E-state index contributed by atoms with van der Waals surface area (Å²) in [6.07, 6.45) is 0.761. The van der Waals surface area contributed by atoms with Crippen molar-refractivity contribution in [2.75, 3.05) is 6.54 Å². The molecule has 138 valence electrons. The number of amides is 4. The lowest BCUT2D eigenvalue weighted by Crippen LogP contribution is -2.43. The van der Waals surface area contributed by atoms with Crippen LogP contribution in [0.5, 0.6) is 0 Å². The van der Waals surface area contributed by atoms with Crippen molar-refractivity contribution in [3.05, 3.63) is 70.8 Å². The summed E-state index contributed by atoms with van der Waals surface area (Å²) >= 11 is 0. The number of hydrogen-bond acceptors (Lipinski definition) is 4. The molecule has 1 aliphatic rings. The molecule has 7 nitrogen and oxygen atoms in total. The Kier molecular flexibility index (Phi) is 5.30. The second-order valence-corrected chi connectivity index (χ2v) is 6.11. The molecule has 2 aromatic carbocycles. The number of hydrogen-bond donors (Lipinski definition) is 2. The highest BCUT2D eigenvalue weighted by Gasteiger charge is 2.34. The number of hydrazine groups is 1. The Bertz CT molecular complexity index is 871. The fraction of sp³-hybridized carbons (Fsp3) is 0.200. The van der Waals surface area contributed by atoms with Crippen LogP contribution in [0.1, 0.15) is 50.0 Å². The van der Waals surface area contributed by atoms with Crippen LogP contribution in [-0.4, -0.2) is 35.1 Å². The highest BCUT2D eigenvalue weighted by Crippen LogP contribution is 2.22. The number of fused-ring (bicyclic) bond motifs is 1. The number of rotatable bonds is 5. The van der Waals surface area contributed by atoms with Gasteiger partial charge in [-0.05, 0) is 36.2 Å². The molecule has 0 aliphatic carbocycles. The smallest absolute Gasteiger partial charge is 0.269 e. The SMILES string of the molecule is CCc1ccc(C(=O)NNC(=O)CCN2C(=O)c3ccccc3C2=O)cc1. The Morgan fingerprint density at radius 2 is 1.48 bits per heavy atom. The van der Waals surface area contributed by atoms with Gasteiger partial charge in [0.1, 0.15) is 0 Å². The average molecular weight is 365 g/mol. The summed E-state index contributed by atoms with van der Waals surface area (Å²) in [7, 11) is 0. The van der Waals surface area contributed by atoms with Gasteiger partial charge in [-0.2, -0.15) is 0 Å². The zero-order chi connectivity index (χ0) is 19.4. The summed E-state index contributed by atoms with van der Waals surface area (Å²) in [5.41, 5.74) is 6.83. The fourth-order valence-electron chi connectivity index (χ4n) is 2.81. The van der Waals surface area contributed by atoms with Gasteiger partial charge in [0.2, 0.25) is 5.91 Å². The highest BCUT2D eigenvalue weighted by atomic mass is 16.2. The standard InChI is InChI=1S/C20H19N3O4/c1-2-13-7-9-14(10-8-13)18(25)22-21-17(24)11-12-23-19(26)15-5-3-4-6-16(15)20(23)27/h3-10H,2,11-12H2,1H3,(H,21,24)(H,22,25).